The predicted molar refractivity (Wildman–Crippen MR) is 65.6 cm³/mol. The highest BCUT2D eigenvalue weighted by molar-refractivity contribution is 7.54. The average Bonchev–Trinajstić information content (AvgIpc) is 2.32. The van der Waals surface area contributed by atoms with Gasteiger partial charge in [-0.15, -0.1) is 4.52 Å². The number of methoxy groups -OCH3 is 1. The van der Waals surface area contributed by atoms with Crippen LogP contribution >= 0.6 is 8.17 Å². The zero-order valence-electron chi connectivity index (χ0n) is 11.1. The van der Waals surface area contributed by atoms with Crippen LogP contribution in [0.1, 0.15) is 20.3 Å². The lowest BCUT2D eigenvalue weighted by Crippen LogP contribution is -2.50. The molecule has 0 aromatic carbocycles. The van der Waals surface area contributed by atoms with Gasteiger partial charge in [-0.2, -0.15) is 14.3 Å². The van der Waals surface area contributed by atoms with E-state index in [1.54, 1.807) is 13.8 Å². The van der Waals surface area contributed by atoms with E-state index in [9.17, 15) is 19.4 Å². The third-order valence-corrected chi connectivity index (χ3v) is 3.60. The summed E-state index contributed by atoms with van der Waals surface area (Å²) in [5.41, 5.74) is -0.704. The number of ether oxygens (including phenoxy) is 1. The van der Waals surface area contributed by atoms with Crippen LogP contribution in [0.15, 0.2) is 0 Å². The molecule has 1 saturated heterocycles. The molecule has 9 heteroatoms. The first kappa shape index (κ1) is 16.3. The maximum atomic E-state index is 11.9. The molecule has 0 aromatic heterocycles. The van der Waals surface area contributed by atoms with Gasteiger partial charge in [0, 0.05) is 12.0 Å². The third kappa shape index (κ3) is 4.67. The van der Waals surface area contributed by atoms with Crippen molar-refractivity contribution in [1.82, 2.24) is 5.32 Å². The highest BCUT2D eigenvalue weighted by Gasteiger charge is 2.56. The smallest absolute Gasteiger partial charge is 0.469 e. The summed E-state index contributed by atoms with van der Waals surface area (Å²) in [5, 5.41) is 2.49. The van der Waals surface area contributed by atoms with Crippen LogP contribution in [0.3, 0.4) is 0 Å². The average molecular weight is 296 g/mol. The Hall–Kier alpha value is -0.790. The van der Waals surface area contributed by atoms with Crippen molar-refractivity contribution >= 4 is 20.0 Å². The molecule has 0 saturated carbocycles. The number of nitrogens with one attached hydrogen (secondary N) is 1. The third-order valence-electron chi connectivity index (χ3n) is 2.65. The highest BCUT2D eigenvalue weighted by atomic mass is 31.2. The number of carbonyl (C=O) groups is 2. The van der Waals surface area contributed by atoms with Gasteiger partial charge in [-0.05, 0) is 0 Å². The molecule has 0 radical (unpaired) electrons. The lowest BCUT2D eigenvalue weighted by atomic mass is 9.87. The van der Waals surface area contributed by atoms with Gasteiger partial charge >= 0.3 is 14.1 Å². The minimum atomic E-state index is -3.94. The largest absolute Gasteiger partial charge is 0.570 e. The van der Waals surface area contributed by atoms with Crippen molar-refractivity contribution in [3.63, 3.8) is 0 Å². The van der Waals surface area contributed by atoms with E-state index in [2.05, 4.69) is 10.1 Å². The summed E-state index contributed by atoms with van der Waals surface area (Å²) in [4.78, 5) is 41.5. The molecule has 1 fully saturated rings. The molecule has 0 aromatic rings. The van der Waals surface area contributed by atoms with Crippen LogP contribution in [0.25, 0.3) is 0 Å². The van der Waals surface area contributed by atoms with Crippen LogP contribution in [-0.2, 0) is 23.4 Å². The number of rotatable bonds is 4. The van der Waals surface area contributed by atoms with E-state index in [0.29, 0.717) is 0 Å². The van der Waals surface area contributed by atoms with Gasteiger partial charge < -0.3 is 10.1 Å². The summed E-state index contributed by atoms with van der Waals surface area (Å²) in [7, 11) is -2.68. The van der Waals surface area contributed by atoms with E-state index in [0.717, 1.165) is 0 Å². The normalized spacial score (nSPS) is 24.6. The van der Waals surface area contributed by atoms with Crippen molar-refractivity contribution in [3.8, 4) is 0 Å². The number of esters is 1. The van der Waals surface area contributed by atoms with Gasteiger partial charge in [-0.25, -0.2) is 0 Å². The molecule has 0 bridgehead atoms. The fraction of sp³-hybridized carbons (Fsp3) is 0.800. The monoisotopic (exact) mass is 296 g/mol. The summed E-state index contributed by atoms with van der Waals surface area (Å²) >= 11 is 0. The molecule has 19 heavy (non-hydrogen) atoms. The van der Waals surface area contributed by atoms with Gasteiger partial charge in [-0.1, -0.05) is 13.8 Å². The molecule has 1 heterocycles. The quantitative estimate of drug-likeness (QED) is 0.485. The van der Waals surface area contributed by atoms with Crippen LogP contribution in [0.4, 0.5) is 0 Å². The van der Waals surface area contributed by atoms with Gasteiger partial charge in [0.25, 0.3) is 5.91 Å². The SMILES string of the molecule is COC(=O)CCNC(=O)[C@@H]1O[P+](O)(O)OCC1(C)C. The van der Waals surface area contributed by atoms with Crippen molar-refractivity contribution in [3.05, 3.63) is 0 Å². The maximum Gasteiger partial charge on any atom is 0.570 e. The van der Waals surface area contributed by atoms with Crippen molar-refractivity contribution < 1.29 is 33.2 Å². The van der Waals surface area contributed by atoms with E-state index < -0.39 is 31.6 Å². The van der Waals surface area contributed by atoms with E-state index in [1.165, 1.54) is 7.11 Å². The lowest BCUT2D eigenvalue weighted by Gasteiger charge is -2.34. The van der Waals surface area contributed by atoms with Crippen LogP contribution < -0.4 is 5.32 Å². The number of amides is 1. The molecular weight excluding hydrogens is 277 g/mol. The van der Waals surface area contributed by atoms with Crippen molar-refractivity contribution in [2.24, 2.45) is 5.41 Å². The van der Waals surface area contributed by atoms with Gasteiger partial charge in [0.1, 0.15) is 6.61 Å². The Balaban J connectivity index is 2.55. The Morgan fingerprint density at radius 1 is 1.47 bits per heavy atom. The minimum Gasteiger partial charge on any atom is -0.469 e. The Labute approximate surface area is 111 Å². The Bertz CT molecular complexity index is 358. The molecule has 1 atom stereocenters. The Kier molecular flexibility index (Phi) is 5.23. The molecule has 110 valence electrons. The van der Waals surface area contributed by atoms with Crippen LogP contribution in [0, 0.1) is 5.41 Å². The molecule has 1 aliphatic heterocycles. The maximum absolute atomic E-state index is 11.9. The van der Waals surface area contributed by atoms with Crippen LogP contribution in [0.2, 0.25) is 0 Å². The molecule has 0 aliphatic carbocycles. The number of carbonyl (C=O) groups excluding carboxylic acids is 2. The summed E-state index contributed by atoms with van der Waals surface area (Å²) in [6.45, 7) is 3.49. The van der Waals surface area contributed by atoms with E-state index in [-0.39, 0.29) is 19.6 Å². The topological polar surface area (TPSA) is 114 Å². The molecule has 0 spiro atoms. The van der Waals surface area contributed by atoms with Gasteiger partial charge in [0.15, 0.2) is 6.10 Å². The summed E-state index contributed by atoms with van der Waals surface area (Å²) in [6, 6.07) is 0. The zero-order valence-corrected chi connectivity index (χ0v) is 12.0. The van der Waals surface area contributed by atoms with Crippen molar-refractivity contribution in [2.45, 2.75) is 26.4 Å². The Morgan fingerprint density at radius 3 is 2.68 bits per heavy atom. The molecule has 3 N–H and O–H groups in total. The second-order valence-electron chi connectivity index (χ2n) is 4.86. The first-order chi connectivity index (χ1) is 8.68. The lowest BCUT2D eigenvalue weighted by molar-refractivity contribution is -0.144. The molecule has 1 amide bonds. The molecule has 1 rings (SSSR count). The van der Waals surface area contributed by atoms with Gasteiger partial charge in [-0.3, -0.25) is 9.59 Å². The summed E-state index contributed by atoms with van der Waals surface area (Å²) in [6.07, 6.45) is -1.02. The standard InChI is InChI=1S/C10H18NO7P/c1-10(2)6-17-19(14,15)18-8(10)9(13)11-5-4-7(12)16-3/h8,14-15H,4-6H2,1-3H3/p+1/t8-/m0/s1. The van der Waals surface area contributed by atoms with Crippen LogP contribution in [0.5, 0.6) is 0 Å². The van der Waals surface area contributed by atoms with Gasteiger partial charge in [0.05, 0.1) is 13.5 Å². The Morgan fingerprint density at radius 2 is 2.11 bits per heavy atom. The molecule has 0 unspecified atom stereocenters. The first-order valence-electron chi connectivity index (χ1n) is 5.70. The summed E-state index contributed by atoms with van der Waals surface area (Å²) < 4.78 is 14.1. The van der Waals surface area contributed by atoms with Crippen LogP contribution in [-0.4, -0.2) is 48.0 Å². The van der Waals surface area contributed by atoms with E-state index >= 15 is 0 Å². The van der Waals surface area contributed by atoms with E-state index in [4.69, 9.17) is 9.05 Å². The first-order valence-corrected chi connectivity index (χ1v) is 7.23. The minimum absolute atomic E-state index is 0.0110. The van der Waals surface area contributed by atoms with E-state index in [1.807, 2.05) is 0 Å². The van der Waals surface area contributed by atoms with Crippen molar-refractivity contribution in [1.29, 1.82) is 0 Å². The fourth-order valence-corrected chi connectivity index (χ4v) is 2.74. The highest BCUT2D eigenvalue weighted by Crippen LogP contribution is 2.59. The van der Waals surface area contributed by atoms with Gasteiger partial charge in [0.2, 0.25) is 0 Å². The number of hydrogen-bond donors (Lipinski definition) is 3. The molecule has 1 aliphatic rings. The second kappa shape index (κ2) is 6.11. The summed E-state index contributed by atoms with van der Waals surface area (Å²) in [5.74, 6) is -0.969. The fourth-order valence-electron chi connectivity index (χ4n) is 1.52. The van der Waals surface area contributed by atoms with Crippen molar-refractivity contribution in [2.75, 3.05) is 20.3 Å². The molecular formula is C10H19NO7P+. The second-order valence-corrected chi connectivity index (χ2v) is 6.31. The molecule has 8 nitrogen and oxygen atoms in total. The zero-order chi connectivity index (χ0) is 14.7. The number of hydrogen-bond acceptors (Lipinski definition) is 7. The predicted octanol–water partition coefficient (Wildman–Crippen LogP) is -0.231.